The summed E-state index contributed by atoms with van der Waals surface area (Å²) in [5.41, 5.74) is 7.23. The lowest BCUT2D eigenvalue weighted by Gasteiger charge is -2.02. The summed E-state index contributed by atoms with van der Waals surface area (Å²) < 4.78 is 3.97. The molecule has 0 unspecified atom stereocenters. The van der Waals surface area contributed by atoms with E-state index in [-0.39, 0.29) is 5.84 Å². The van der Waals surface area contributed by atoms with Gasteiger partial charge in [0, 0.05) is 19.4 Å². The number of amidine groups is 1. The molecule has 0 saturated heterocycles. The van der Waals surface area contributed by atoms with Crippen molar-refractivity contribution >= 4 is 16.9 Å². The molecule has 1 aromatic carbocycles. The Morgan fingerprint density at radius 3 is 2.64 bits per heavy atom. The molecule has 0 saturated carbocycles. The summed E-state index contributed by atoms with van der Waals surface area (Å²) >= 11 is 0. The maximum atomic E-state index is 8.91. The Hall–Kier alpha value is -3.40. The van der Waals surface area contributed by atoms with Gasteiger partial charge < -0.3 is 14.9 Å². The van der Waals surface area contributed by atoms with Crippen LogP contribution in [-0.2, 0) is 13.6 Å². The molecule has 2 heterocycles. The van der Waals surface area contributed by atoms with Gasteiger partial charge in [-0.25, -0.2) is 9.97 Å². The first-order valence-electron chi connectivity index (χ1n) is 7.61. The minimum Gasteiger partial charge on any atom is -0.388 e. The van der Waals surface area contributed by atoms with Crippen LogP contribution in [0.25, 0.3) is 11.0 Å². The Morgan fingerprint density at radius 1 is 1.48 bits per heavy atom. The van der Waals surface area contributed by atoms with E-state index in [0.717, 1.165) is 16.9 Å². The van der Waals surface area contributed by atoms with Crippen molar-refractivity contribution in [3.05, 3.63) is 61.0 Å². The van der Waals surface area contributed by atoms with E-state index in [1.807, 2.05) is 41.4 Å². The number of fused-ring (bicyclic) bond motifs is 1. The predicted molar refractivity (Wildman–Crippen MR) is 100 cm³/mol. The van der Waals surface area contributed by atoms with Crippen LogP contribution < -0.4 is 5.73 Å². The van der Waals surface area contributed by atoms with E-state index in [9.17, 15) is 0 Å². The lowest BCUT2D eigenvalue weighted by Crippen LogP contribution is -2.04. The van der Waals surface area contributed by atoms with E-state index < -0.39 is 0 Å². The molecule has 130 valence electrons. The smallest absolute Gasteiger partial charge is 0.129 e. The fourth-order valence-electron chi connectivity index (χ4n) is 1.99. The summed E-state index contributed by atoms with van der Waals surface area (Å²) in [5, 5.41) is 15.2. The van der Waals surface area contributed by atoms with Crippen LogP contribution in [-0.4, -0.2) is 24.9 Å². The van der Waals surface area contributed by atoms with Gasteiger partial charge in [-0.3, -0.25) is 5.41 Å². The quantitative estimate of drug-likeness (QED) is 0.425. The third-order valence-electron chi connectivity index (χ3n) is 2.99. The zero-order chi connectivity index (χ0) is 18.8. The average molecular weight is 337 g/mol. The molecule has 2 aromatic heterocycles. The van der Waals surface area contributed by atoms with Crippen LogP contribution in [0.2, 0.25) is 0 Å². The monoisotopic (exact) mass is 337 g/mol. The predicted octanol–water partition coefficient (Wildman–Crippen LogP) is 2.82. The summed E-state index contributed by atoms with van der Waals surface area (Å²) in [5.74, 6) is 1.11. The van der Waals surface area contributed by atoms with Crippen LogP contribution in [0.5, 0.6) is 0 Å². The first kappa shape index (κ1) is 19.6. The van der Waals surface area contributed by atoms with Crippen molar-refractivity contribution in [2.24, 2.45) is 12.8 Å². The van der Waals surface area contributed by atoms with Crippen LogP contribution >= 0.6 is 0 Å². The number of hydrogen-bond donors (Lipinski definition) is 2. The fourth-order valence-corrected chi connectivity index (χ4v) is 1.99. The van der Waals surface area contributed by atoms with Crippen LogP contribution in [0.3, 0.4) is 0 Å². The summed E-state index contributed by atoms with van der Waals surface area (Å²) in [4.78, 5) is 8.58. The minimum atomic E-state index is 0.167. The second-order valence-corrected chi connectivity index (χ2v) is 5.23. The largest absolute Gasteiger partial charge is 0.388 e. The fraction of sp³-hybridized carbons (Fsp3) is 0.222. The van der Waals surface area contributed by atoms with Crippen LogP contribution in [0.1, 0.15) is 25.2 Å². The average Bonchev–Trinajstić information content (AvgIpc) is 3.17. The molecule has 0 fully saturated rings. The van der Waals surface area contributed by atoms with Gasteiger partial charge in [0.15, 0.2) is 0 Å². The minimum absolute atomic E-state index is 0.167. The molecular weight excluding hydrogens is 314 g/mol. The van der Waals surface area contributed by atoms with E-state index in [1.54, 1.807) is 24.7 Å². The number of benzene rings is 1. The highest BCUT2D eigenvalue weighted by molar-refractivity contribution is 5.77. The van der Waals surface area contributed by atoms with Crippen molar-refractivity contribution in [3.63, 3.8) is 0 Å². The molecule has 0 aliphatic heterocycles. The van der Waals surface area contributed by atoms with Crippen molar-refractivity contribution in [3.8, 4) is 6.07 Å². The van der Waals surface area contributed by atoms with Gasteiger partial charge in [-0.2, -0.15) is 5.26 Å². The molecule has 0 aliphatic carbocycles. The molecule has 0 bridgehead atoms. The highest BCUT2D eigenvalue weighted by Gasteiger charge is 2.08. The van der Waals surface area contributed by atoms with E-state index in [2.05, 4.69) is 22.6 Å². The zero-order valence-corrected chi connectivity index (χ0v) is 14.8. The lowest BCUT2D eigenvalue weighted by atomic mass is 10.2. The summed E-state index contributed by atoms with van der Waals surface area (Å²) in [6, 6.07) is 7.67. The molecule has 0 atom stereocenters. The molecular formula is C18H23N7. The normalized spacial score (nSPS) is 9.20. The number of hydrogen-bond acceptors (Lipinski definition) is 4. The molecule has 7 nitrogen and oxygen atoms in total. The Balaban J connectivity index is 0.000000386. The SMILES string of the molecule is C=CC.CC(=N)N.Cn1c(Cn2ccnc2)nc2ccc(C#N)cc21. The molecule has 0 aliphatic rings. The number of aryl methyl sites for hydroxylation is 1. The standard InChI is InChI=1S/C13H11N5.C3H6.C2H6N2/c1-17-12-6-10(7-14)2-3-11(12)16-13(17)8-18-5-4-15-9-18;1-3-2;1-2(3)4/h2-6,9H,8H2,1H3;3H,1H2,2H3;1H3,(H3,3,4). The van der Waals surface area contributed by atoms with Crippen molar-refractivity contribution in [1.29, 1.82) is 10.7 Å². The van der Waals surface area contributed by atoms with E-state index in [1.165, 1.54) is 6.92 Å². The number of aromatic nitrogens is 4. The second-order valence-electron chi connectivity index (χ2n) is 5.23. The first-order valence-corrected chi connectivity index (χ1v) is 7.61. The Kier molecular flexibility index (Phi) is 7.60. The van der Waals surface area contributed by atoms with Gasteiger partial charge in [0.2, 0.25) is 0 Å². The van der Waals surface area contributed by atoms with E-state index >= 15 is 0 Å². The Morgan fingerprint density at radius 2 is 2.12 bits per heavy atom. The number of nitriles is 1. The molecule has 3 rings (SSSR count). The maximum absolute atomic E-state index is 8.91. The van der Waals surface area contributed by atoms with E-state index in [0.29, 0.717) is 12.1 Å². The molecule has 3 aromatic rings. The number of rotatable bonds is 2. The van der Waals surface area contributed by atoms with Crippen molar-refractivity contribution in [2.75, 3.05) is 0 Å². The highest BCUT2D eigenvalue weighted by Crippen LogP contribution is 2.17. The van der Waals surface area contributed by atoms with Gasteiger partial charge in [-0.1, -0.05) is 6.08 Å². The molecule has 3 N–H and O–H groups in total. The summed E-state index contributed by atoms with van der Waals surface area (Å²) in [7, 11) is 1.96. The van der Waals surface area contributed by atoms with Crippen molar-refractivity contribution in [1.82, 2.24) is 19.1 Å². The number of nitrogens with one attached hydrogen (secondary N) is 1. The topological polar surface area (TPSA) is 109 Å². The van der Waals surface area contributed by atoms with Gasteiger partial charge in [0.05, 0.1) is 41.4 Å². The molecule has 0 spiro atoms. The molecule has 7 heteroatoms. The molecule has 0 amide bonds. The Bertz CT molecular complexity index is 863. The molecule has 0 radical (unpaired) electrons. The number of nitrogens with two attached hydrogens (primary N) is 1. The van der Waals surface area contributed by atoms with Crippen LogP contribution in [0, 0.1) is 16.7 Å². The van der Waals surface area contributed by atoms with Crippen LogP contribution in [0.15, 0.2) is 49.6 Å². The molecule has 25 heavy (non-hydrogen) atoms. The number of allylic oxidation sites excluding steroid dienone is 1. The number of nitrogens with zero attached hydrogens (tertiary/aromatic N) is 5. The third-order valence-corrected chi connectivity index (χ3v) is 2.99. The van der Waals surface area contributed by atoms with Gasteiger partial charge >= 0.3 is 0 Å². The summed E-state index contributed by atoms with van der Waals surface area (Å²) in [6.07, 6.45) is 7.16. The Labute approximate surface area is 147 Å². The van der Waals surface area contributed by atoms with Gasteiger partial charge in [0.25, 0.3) is 0 Å². The van der Waals surface area contributed by atoms with Gasteiger partial charge in [0.1, 0.15) is 5.82 Å². The first-order chi connectivity index (χ1) is 11.9. The van der Waals surface area contributed by atoms with Gasteiger partial charge in [-0.15, -0.1) is 6.58 Å². The van der Waals surface area contributed by atoms with Crippen molar-refractivity contribution in [2.45, 2.75) is 20.4 Å². The highest BCUT2D eigenvalue weighted by atomic mass is 15.1. The van der Waals surface area contributed by atoms with E-state index in [4.69, 9.17) is 16.4 Å². The van der Waals surface area contributed by atoms with Crippen molar-refractivity contribution < 1.29 is 0 Å². The third kappa shape index (κ3) is 5.95. The van der Waals surface area contributed by atoms with Crippen LogP contribution in [0.4, 0.5) is 0 Å². The maximum Gasteiger partial charge on any atom is 0.129 e. The second kappa shape index (κ2) is 9.67. The lowest BCUT2D eigenvalue weighted by molar-refractivity contribution is 0.707. The summed E-state index contributed by atoms with van der Waals surface area (Å²) in [6.45, 7) is 7.45. The number of imidazole rings is 2. The zero-order valence-electron chi connectivity index (χ0n) is 14.8. The van der Waals surface area contributed by atoms with Gasteiger partial charge in [-0.05, 0) is 32.0 Å².